The van der Waals surface area contributed by atoms with E-state index in [9.17, 15) is 13.2 Å². The molecule has 8 rings (SSSR count). The van der Waals surface area contributed by atoms with Gasteiger partial charge in [0, 0.05) is 38.8 Å². The molecule has 0 fully saturated rings. The summed E-state index contributed by atoms with van der Waals surface area (Å²) in [5.74, 6) is -10.3. The van der Waals surface area contributed by atoms with Gasteiger partial charge in [0.1, 0.15) is 0 Å². The lowest BCUT2D eigenvalue weighted by Gasteiger charge is -2.10. The number of halogens is 5. The van der Waals surface area contributed by atoms with Crippen molar-refractivity contribution in [1.29, 1.82) is 0 Å². The molecule has 8 bridgehead atoms. The molecule has 0 saturated heterocycles. The molecule has 0 unspecified atom stereocenters. The summed E-state index contributed by atoms with van der Waals surface area (Å²) in [6.07, 6.45) is 6.89. The molecule has 0 spiro atoms. The maximum atomic E-state index is 15.6. The van der Waals surface area contributed by atoms with E-state index in [0.717, 1.165) is 16.6 Å². The molecule has 2 N–H and O–H groups in total. The first-order valence-corrected chi connectivity index (χ1v) is 14.6. The molecule has 2 aliphatic rings. The minimum absolute atomic E-state index is 0.00505. The molecule has 9 heteroatoms. The summed E-state index contributed by atoms with van der Waals surface area (Å²) < 4.78 is 74.8. The number of H-pyrrole nitrogens is 2. The van der Waals surface area contributed by atoms with Crippen LogP contribution in [0.15, 0.2) is 91.0 Å². The van der Waals surface area contributed by atoms with Crippen LogP contribution in [-0.4, -0.2) is 19.9 Å². The average Bonchev–Trinajstić information content (AvgIpc) is 3.92. The first kappa shape index (κ1) is 28.4. The molecular formula is C38H21F5N4. The Morgan fingerprint density at radius 2 is 0.872 bits per heavy atom. The average molecular weight is 629 g/mol. The van der Waals surface area contributed by atoms with E-state index in [1.807, 2.05) is 91.0 Å². The SMILES string of the molecule is Fc1c(F)c(F)c(-c2c3nc(c(-c4ccccc4)c4ccc(cc5nc(c(-c6ccccc6)c6ccc2[nH]6)C=C5)[nH]4)C=C3)c(F)c1F. The van der Waals surface area contributed by atoms with Gasteiger partial charge in [0.25, 0.3) is 0 Å². The Morgan fingerprint density at radius 1 is 0.404 bits per heavy atom. The predicted molar refractivity (Wildman–Crippen MR) is 175 cm³/mol. The predicted octanol–water partition coefficient (Wildman–Crippen LogP) is 10.4. The number of hydrogen-bond acceptors (Lipinski definition) is 2. The Bertz CT molecular complexity index is 2390. The zero-order valence-corrected chi connectivity index (χ0v) is 24.3. The first-order valence-electron chi connectivity index (χ1n) is 14.6. The number of benzene rings is 3. The van der Waals surface area contributed by atoms with Gasteiger partial charge in [-0.05, 0) is 65.8 Å². The summed E-state index contributed by atoms with van der Waals surface area (Å²) in [5, 5.41) is 0. The van der Waals surface area contributed by atoms with Crippen LogP contribution in [-0.2, 0) is 0 Å². The van der Waals surface area contributed by atoms with Crippen LogP contribution in [0.25, 0.3) is 79.8 Å². The second-order valence-electron chi connectivity index (χ2n) is 11.0. The summed E-state index contributed by atoms with van der Waals surface area (Å²) in [4.78, 5) is 16.2. The van der Waals surface area contributed by atoms with Crippen molar-refractivity contribution < 1.29 is 22.0 Å². The van der Waals surface area contributed by atoms with Gasteiger partial charge in [-0.3, -0.25) is 0 Å². The zero-order chi connectivity index (χ0) is 32.2. The lowest BCUT2D eigenvalue weighted by molar-refractivity contribution is 0.381. The summed E-state index contributed by atoms with van der Waals surface area (Å²) in [5.41, 5.74) is 5.34. The molecular weight excluding hydrogens is 607 g/mol. The van der Waals surface area contributed by atoms with Crippen molar-refractivity contribution in [2.24, 2.45) is 0 Å². The van der Waals surface area contributed by atoms with Crippen molar-refractivity contribution >= 4 is 46.4 Å². The van der Waals surface area contributed by atoms with E-state index in [4.69, 9.17) is 9.97 Å². The lowest BCUT2D eigenvalue weighted by atomic mass is 10.0. The Kier molecular flexibility index (Phi) is 6.68. The van der Waals surface area contributed by atoms with Crippen molar-refractivity contribution in [1.82, 2.24) is 19.9 Å². The maximum absolute atomic E-state index is 15.6. The van der Waals surface area contributed by atoms with E-state index in [-0.39, 0.29) is 16.8 Å². The minimum Gasteiger partial charge on any atom is -0.355 e. The van der Waals surface area contributed by atoms with Gasteiger partial charge in [-0.2, -0.15) is 0 Å². The number of aromatic nitrogens is 4. The third-order valence-electron chi connectivity index (χ3n) is 8.16. The monoisotopic (exact) mass is 628 g/mol. The molecule has 0 radical (unpaired) electrons. The highest BCUT2D eigenvalue weighted by Gasteiger charge is 2.29. The Hall–Kier alpha value is -6.09. The number of nitrogens with zero attached hydrogens (tertiary/aromatic N) is 2. The van der Waals surface area contributed by atoms with E-state index in [1.54, 1.807) is 12.1 Å². The molecule has 0 amide bonds. The van der Waals surface area contributed by atoms with Crippen LogP contribution in [0.5, 0.6) is 0 Å². The van der Waals surface area contributed by atoms with Crippen LogP contribution in [0.1, 0.15) is 22.8 Å². The standard InChI is InChI=1S/C38H21F5N4/c39-34-33(35(40)37(42)38(43)36(34)41)32-28-17-15-26(46-28)30(20-7-3-1-4-8-20)24-13-11-22(44-24)19-23-12-14-25(45-23)31(21-9-5-2-6-10-21)27-16-18-29(32)47-27/h1-19,44,47H. The molecule has 0 saturated carbocycles. The summed E-state index contributed by atoms with van der Waals surface area (Å²) in [6, 6.07) is 27.7. The Labute approximate surface area is 264 Å². The highest BCUT2D eigenvalue weighted by Crippen LogP contribution is 2.39. The molecule has 0 aliphatic carbocycles. The lowest BCUT2D eigenvalue weighted by Crippen LogP contribution is -2.05. The third kappa shape index (κ3) is 4.75. The molecule has 4 nitrogen and oxygen atoms in total. The second-order valence-corrected chi connectivity index (χ2v) is 11.0. The van der Waals surface area contributed by atoms with Crippen LogP contribution in [0.2, 0.25) is 0 Å². The maximum Gasteiger partial charge on any atom is 0.200 e. The molecule has 228 valence electrons. The summed E-state index contributed by atoms with van der Waals surface area (Å²) in [6.45, 7) is 0. The molecule has 0 atom stereocenters. The molecule has 5 heterocycles. The quantitative estimate of drug-likeness (QED) is 0.116. The van der Waals surface area contributed by atoms with Gasteiger partial charge in [-0.25, -0.2) is 31.9 Å². The fraction of sp³-hybridized carbons (Fsp3) is 0. The smallest absolute Gasteiger partial charge is 0.200 e. The van der Waals surface area contributed by atoms with E-state index in [0.29, 0.717) is 39.2 Å². The van der Waals surface area contributed by atoms with Crippen molar-refractivity contribution in [3.8, 4) is 33.4 Å². The molecule has 6 aromatic rings. The largest absolute Gasteiger partial charge is 0.355 e. The number of hydrogen-bond donors (Lipinski definition) is 2. The number of aromatic amines is 2. The van der Waals surface area contributed by atoms with E-state index in [1.165, 1.54) is 12.1 Å². The van der Waals surface area contributed by atoms with Crippen molar-refractivity contribution in [2.75, 3.05) is 0 Å². The van der Waals surface area contributed by atoms with Crippen molar-refractivity contribution in [2.45, 2.75) is 0 Å². The molecule has 3 aromatic heterocycles. The second kappa shape index (κ2) is 11.1. The fourth-order valence-corrected chi connectivity index (χ4v) is 6.04. The highest BCUT2D eigenvalue weighted by atomic mass is 19.2. The van der Waals surface area contributed by atoms with Gasteiger partial charge in [-0.1, -0.05) is 60.7 Å². The van der Waals surface area contributed by atoms with Crippen LogP contribution < -0.4 is 0 Å². The third-order valence-corrected chi connectivity index (χ3v) is 8.16. The number of nitrogens with one attached hydrogen (secondary N) is 2. The van der Waals surface area contributed by atoms with Crippen molar-refractivity contribution in [3.05, 3.63) is 143 Å². The van der Waals surface area contributed by atoms with E-state index >= 15 is 8.78 Å². The van der Waals surface area contributed by atoms with E-state index < -0.39 is 34.6 Å². The summed E-state index contributed by atoms with van der Waals surface area (Å²) >= 11 is 0. The topological polar surface area (TPSA) is 57.4 Å². The van der Waals surface area contributed by atoms with Crippen LogP contribution in [0.3, 0.4) is 0 Å². The summed E-state index contributed by atoms with van der Waals surface area (Å²) in [7, 11) is 0. The van der Waals surface area contributed by atoms with Crippen molar-refractivity contribution in [3.63, 3.8) is 0 Å². The molecule has 2 aliphatic heterocycles. The fourth-order valence-electron chi connectivity index (χ4n) is 6.04. The van der Waals surface area contributed by atoms with Gasteiger partial charge in [-0.15, -0.1) is 0 Å². The van der Waals surface area contributed by atoms with Gasteiger partial charge in [0.15, 0.2) is 23.3 Å². The molecule has 3 aromatic carbocycles. The highest BCUT2D eigenvalue weighted by molar-refractivity contribution is 5.97. The van der Waals surface area contributed by atoms with Gasteiger partial charge < -0.3 is 9.97 Å². The number of rotatable bonds is 3. The zero-order valence-electron chi connectivity index (χ0n) is 24.3. The van der Waals surface area contributed by atoms with Crippen LogP contribution in [0, 0.1) is 29.1 Å². The molecule has 47 heavy (non-hydrogen) atoms. The van der Waals surface area contributed by atoms with Crippen LogP contribution in [0.4, 0.5) is 22.0 Å². The van der Waals surface area contributed by atoms with E-state index in [2.05, 4.69) is 9.97 Å². The van der Waals surface area contributed by atoms with Gasteiger partial charge >= 0.3 is 0 Å². The number of fused-ring (bicyclic) bond motifs is 8. The normalized spacial score (nSPS) is 12.2. The van der Waals surface area contributed by atoms with Crippen LogP contribution >= 0.6 is 0 Å². The minimum atomic E-state index is -2.24. The first-order chi connectivity index (χ1) is 22.9. The van der Waals surface area contributed by atoms with Gasteiger partial charge in [0.05, 0.1) is 28.3 Å². The Balaban J connectivity index is 1.58. The Morgan fingerprint density at radius 3 is 1.49 bits per heavy atom. The van der Waals surface area contributed by atoms with Gasteiger partial charge in [0.2, 0.25) is 5.82 Å².